The Labute approximate surface area is 238 Å². The molecule has 42 heavy (non-hydrogen) atoms. The Bertz CT molecular complexity index is 1820. The highest BCUT2D eigenvalue weighted by molar-refractivity contribution is 5.93. The quantitative estimate of drug-likeness (QED) is 0.275. The zero-order chi connectivity index (χ0) is 30.3. The molecule has 13 heteroatoms. The predicted octanol–water partition coefficient (Wildman–Crippen LogP) is 3.83. The van der Waals surface area contributed by atoms with Crippen LogP contribution in [0.4, 0.5) is 24.8 Å². The Balaban J connectivity index is 1.72. The summed E-state index contributed by atoms with van der Waals surface area (Å²) in [6.07, 6.45) is -0.317. The standard InChI is InChI=1S/C29H26F3N7O3/c1-17-24(26(40)42-4)25(23-9-8-19(16-33)14-20(23)10-11-37-13-12-36(3)18(37)2)39-27(34-35-28(39)41)38(17)22-7-5-6-21(15-22)29(30,31)32/h5-9,12-15,25H,10-11H2,1-4H3/p+1. The minimum Gasteiger partial charge on any atom is -0.466 e. The van der Waals surface area contributed by atoms with Crippen LogP contribution in [0.1, 0.15) is 41.0 Å². The number of hydrogen-bond donors (Lipinski definition) is 1. The molecule has 1 atom stereocenters. The molecule has 1 aliphatic rings. The number of nitriles is 1. The number of methoxy groups -OCH3 is 1. The van der Waals surface area contributed by atoms with E-state index in [4.69, 9.17) is 4.74 Å². The van der Waals surface area contributed by atoms with Crippen molar-refractivity contribution in [2.75, 3.05) is 12.0 Å². The van der Waals surface area contributed by atoms with E-state index in [-0.39, 0.29) is 22.9 Å². The third-order valence-electron chi connectivity index (χ3n) is 7.56. The first-order valence-electron chi connectivity index (χ1n) is 12.9. The fourth-order valence-corrected chi connectivity index (χ4v) is 5.31. The van der Waals surface area contributed by atoms with Crippen molar-refractivity contribution in [3.05, 3.63) is 105 Å². The summed E-state index contributed by atoms with van der Waals surface area (Å²) in [5, 5.41) is 16.2. The van der Waals surface area contributed by atoms with Crippen LogP contribution in [0.5, 0.6) is 0 Å². The van der Waals surface area contributed by atoms with Crippen molar-refractivity contribution < 1.29 is 27.3 Å². The summed E-state index contributed by atoms with van der Waals surface area (Å²) >= 11 is 0. The number of carbonyl (C=O) groups excluding carboxylic acids is 1. The number of nitrogens with zero attached hydrogens (tertiary/aromatic N) is 6. The summed E-state index contributed by atoms with van der Waals surface area (Å²) in [7, 11) is 3.12. The fraction of sp³-hybridized carbons (Fsp3) is 0.276. The number of aryl methyl sites for hydroxylation is 3. The summed E-state index contributed by atoms with van der Waals surface area (Å²) in [5.41, 5.74) is 0.406. The highest BCUT2D eigenvalue weighted by Crippen LogP contribution is 2.43. The van der Waals surface area contributed by atoms with E-state index in [1.54, 1.807) is 25.1 Å². The van der Waals surface area contributed by atoms with Crippen LogP contribution >= 0.6 is 0 Å². The number of benzene rings is 2. The van der Waals surface area contributed by atoms with Gasteiger partial charge >= 0.3 is 17.8 Å². The second kappa shape index (κ2) is 10.7. The van der Waals surface area contributed by atoms with E-state index in [1.165, 1.54) is 28.7 Å². The Morgan fingerprint density at radius 3 is 2.62 bits per heavy atom. The Morgan fingerprint density at radius 2 is 1.98 bits per heavy atom. The van der Waals surface area contributed by atoms with Crippen molar-refractivity contribution in [2.24, 2.45) is 7.05 Å². The van der Waals surface area contributed by atoms with E-state index in [1.807, 2.05) is 35.5 Å². The number of esters is 1. The van der Waals surface area contributed by atoms with Crippen LogP contribution in [0.15, 0.2) is 70.9 Å². The molecule has 0 aliphatic carbocycles. The second-order valence-electron chi connectivity index (χ2n) is 9.90. The number of anilines is 2. The van der Waals surface area contributed by atoms with Crippen LogP contribution in [0.2, 0.25) is 0 Å². The number of halogens is 3. The number of H-pyrrole nitrogens is 1. The number of imidazole rings is 1. The third kappa shape index (κ3) is 4.85. The molecule has 1 unspecified atom stereocenters. The van der Waals surface area contributed by atoms with Gasteiger partial charge in [0.15, 0.2) is 0 Å². The van der Waals surface area contributed by atoms with Gasteiger partial charge in [0, 0.05) is 24.7 Å². The molecule has 2 aromatic carbocycles. The highest BCUT2D eigenvalue weighted by atomic mass is 19.4. The fourth-order valence-electron chi connectivity index (χ4n) is 5.31. The first-order chi connectivity index (χ1) is 20.0. The number of ether oxygens (including phenoxy) is 1. The minimum atomic E-state index is -4.62. The van der Waals surface area contributed by atoms with Crippen molar-refractivity contribution in [1.82, 2.24) is 19.3 Å². The van der Waals surface area contributed by atoms with Gasteiger partial charge < -0.3 is 4.74 Å². The van der Waals surface area contributed by atoms with Gasteiger partial charge in [-0.1, -0.05) is 12.1 Å². The lowest BCUT2D eigenvalue weighted by molar-refractivity contribution is -0.677. The smallest absolute Gasteiger partial charge is 0.416 e. The lowest BCUT2D eigenvalue weighted by Gasteiger charge is -2.36. The molecule has 0 radical (unpaired) electrons. The summed E-state index contributed by atoms with van der Waals surface area (Å²) in [6, 6.07) is 10.6. The summed E-state index contributed by atoms with van der Waals surface area (Å²) in [5.74, 6) is 0.233. The van der Waals surface area contributed by atoms with E-state index < -0.39 is 29.4 Å². The second-order valence-corrected chi connectivity index (χ2v) is 9.90. The lowest BCUT2D eigenvalue weighted by Crippen LogP contribution is -2.38. The van der Waals surface area contributed by atoms with Gasteiger partial charge in [-0.05, 0) is 48.4 Å². The highest BCUT2D eigenvalue weighted by Gasteiger charge is 2.41. The van der Waals surface area contributed by atoms with Crippen LogP contribution < -0.4 is 15.2 Å². The monoisotopic (exact) mass is 578 g/mol. The van der Waals surface area contributed by atoms with Gasteiger partial charge in [-0.25, -0.2) is 28.4 Å². The molecule has 4 aromatic rings. The molecule has 1 aliphatic heterocycles. The van der Waals surface area contributed by atoms with Gasteiger partial charge in [-0.3, -0.25) is 4.90 Å². The maximum Gasteiger partial charge on any atom is 0.416 e. The molecule has 0 amide bonds. The molecule has 0 spiro atoms. The van der Waals surface area contributed by atoms with Crippen molar-refractivity contribution in [2.45, 2.75) is 39.0 Å². The molecule has 2 aromatic heterocycles. The summed E-state index contributed by atoms with van der Waals surface area (Å²) in [4.78, 5) is 28.0. The van der Waals surface area contributed by atoms with E-state index in [0.29, 0.717) is 29.7 Å². The normalized spacial score (nSPS) is 15.0. The molecule has 10 nitrogen and oxygen atoms in total. The summed E-state index contributed by atoms with van der Waals surface area (Å²) < 4.78 is 51.1. The molecular weight excluding hydrogens is 551 g/mol. The number of allylic oxidation sites excluding steroid dienone is 1. The van der Waals surface area contributed by atoms with Gasteiger partial charge in [0.1, 0.15) is 18.4 Å². The molecule has 216 valence electrons. The van der Waals surface area contributed by atoms with Gasteiger partial charge in [0.2, 0.25) is 5.95 Å². The maximum atomic E-state index is 13.6. The number of alkyl halides is 3. The number of nitrogens with one attached hydrogen (secondary N) is 1. The molecule has 0 fully saturated rings. The molecule has 3 heterocycles. The van der Waals surface area contributed by atoms with Crippen molar-refractivity contribution in [1.29, 1.82) is 5.26 Å². The van der Waals surface area contributed by atoms with Crippen molar-refractivity contribution in [3.63, 3.8) is 0 Å². The van der Waals surface area contributed by atoms with Crippen LogP contribution in [-0.2, 0) is 35.7 Å². The number of rotatable bonds is 6. The molecule has 0 saturated carbocycles. The third-order valence-corrected chi connectivity index (χ3v) is 7.56. The van der Waals surface area contributed by atoms with Gasteiger partial charge in [0.25, 0.3) is 5.82 Å². The minimum absolute atomic E-state index is 0.00179. The predicted molar refractivity (Wildman–Crippen MR) is 144 cm³/mol. The zero-order valence-corrected chi connectivity index (χ0v) is 23.2. The molecular formula is C29H27F3N7O3+. The molecule has 1 N–H and O–H groups in total. The van der Waals surface area contributed by atoms with E-state index >= 15 is 0 Å². The number of hydrogen-bond acceptors (Lipinski definition) is 6. The number of aromatic nitrogens is 5. The average molecular weight is 579 g/mol. The Kier molecular flexibility index (Phi) is 7.24. The number of carbonyl (C=O) groups is 1. The average Bonchev–Trinajstić information content (AvgIpc) is 3.51. The van der Waals surface area contributed by atoms with Crippen LogP contribution in [0.3, 0.4) is 0 Å². The van der Waals surface area contributed by atoms with Crippen LogP contribution in [0, 0.1) is 18.3 Å². The molecule has 0 bridgehead atoms. The Morgan fingerprint density at radius 1 is 1.21 bits per heavy atom. The van der Waals surface area contributed by atoms with Gasteiger partial charge in [-0.15, -0.1) is 5.10 Å². The first kappa shape index (κ1) is 28.4. The van der Waals surface area contributed by atoms with Crippen LogP contribution in [-0.4, -0.2) is 32.4 Å². The number of aromatic amines is 1. The zero-order valence-electron chi connectivity index (χ0n) is 23.2. The van der Waals surface area contributed by atoms with Crippen molar-refractivity contribution in [3.8, 4) is 6.07 Å². The van der Waals surface area contributed by atoms with E-state index in [9.17, 15) is 28.0 Å². The lowest BCUT2D eigenvalue weighted by atomic mass is 9.89. The van der Waals surface area contributed by atoms with Gasteiger partial charge in [0.05, 0.1) is 43.5 Å². The van der Waals surface area contributed by atoms with Crippen molar-refractivity contribution >= 4 is 17.6 Å². The largest absolute Gasteiger partial charge is 0.466 e. The van der Waals surface area contributed by atoms with Crippen LogP contribution in [0.25, 0.3) is 0 Å². The molecule has 0 saturated heterocycles. The number of fused-ring (bicyclic) bond motifs is 1. The topological polar surface area (TPSA) is 113 Å². The molecule has 5 rings (SSSR count). The summed E-state index contributed by atoms with van der Waals surface area (Å²) in [6.45, 7) is 4.07. The SMILES string of the molecule is COC(=O)C1=C(C)N(c2cccc(C(F)(F)F)c2)c2n[nH]c(=O)n2C1c1ccc(C#N)cc1CCn1cc[n+](C)c1C. The van der Waals surface area contributed by atoms with Gasteiger partial charge in [-0.2, -0.15) is 18.4 Å². The van der Waals surface area contributed by atoms with E-state index in [2.05, 4.69) is 16.3 Å². The maximum absolute atomic E-state index is 13.6. The first-order valence-corrected chi connectivity index (χ1v) is 12.9. The van der Waals surface area contributed by atoms with E-state index in [0.717, 1.165) is 18.0 Å². The Hall–Kier alpha value is -5.12.